The maximum absolute atomic E-state index is 13.4. The highest BCUT2D eigenvalue weighted by molar-refractivity contribution is 5.25. The smallest absolute Gasteiger partial charge is 0.129 e. The van der Waals surface area contributed by atoms with Crippen LogP contribution in [0.3, 0.4) is 0 Å². The Kier molecular flexibility index (Phi) is 4.72. The summed E-state index contributed by atoms with van der Waals surface area (Å²) in [6.07, 6.45) is 0.0143. The number of aryl methyl sites for hydroxylation is 1. The maximum atomic E-state index is 13.4. The Morgan fingerprint density at radius 1 is 1.47 bits per heavy atom. The first-order valence-corrected chi connectivity index (χ1v) is 5.17. The molecule has 0 aliphatic rings. The first-order chi connectivity index (χ1) is 7.15. The number of ether oxygens (including phenoxy) is 1. The Balaban J connectivity index is 2.61. The van der Waals surface area contributed by atoms with Crippen LogP contribution in [-0.2, 0) is 4.74 Å². The average molecular weight is 212 g/mol. The molecule has 3 heteroatoms. The summed E-state index contributed by atoms with van der Waals surface area (Å²) in [4.78, 5) is 0. The van der Waals surface area contributed by atoms with Crippen molar-refractivity contribution in [2.24, 2.45) is 0 Å². The molecule has 0 amide bonds. The van der Waals surface area contributed by atoms with Gasteiger partial charge < -0.3 is 9.84 Å². The quantitative estimate of drug-likeness (QED) is 0.760. The third kappa shape index (κ3) is 3.61. The van der Waals surface area contributed by atoms with E-state index in [9.17, 15) is 9.50 Å². The molecular formula is C12H17FO2. The molecule has 1 aromatic rings. The van der Waals surface area contributed by atoms with Gasteiger partial charge in [-0.05, 0) is 25.0 Å². The van der Waals surface area contributed by atoms with Crippen molar-refractivity contribution >= 4 is 0 Å². The number of benzene rings is 1. The van der Waals surface area contributed by atoms with Gasteiger partial charge in [0.25, 0.3) is 0 Å². The molecule has 0 heterocycles. The summed E-state index contributed by atoms with van der Waals surface area (Å²) in [7, 11) is 0. The van der Waals surface area contributed by atoms with Gasteiger partial charge in [-0.2, -0.15) is 0 Å². The molecule has 1 rings (SSSR count). The molecule has 0 fully saturated rings. The Hall–Kier alpha value is -0.930. The largest absolute Gasteiger partial charge is 0.386 e. The monoisotopic (exact) mass is 212 g/mol. The zero-order valence-electron chi connectivity index (χ0n) is 9.16. The van der Waals surface area contributed by atoms with Crippen LogP contribution < -0.4 is 0 Å². The van der Waals surface area contributed by atoms with Gasteiger partial charge in [0, 0.05) is 12.2 Å². The van der Waals surface area contributed by atoms with Gasteiger partial charge in [-0.1, -0.05) is 19.1 Å². The molecule has 0 bridgehead atoms. The summed E-state index contributed by atoms with van der Waals surface area (Å²) in [6, 6.07) is 4.80. The van der Waals surface area contributed by atoms with E-state index in [1.807, 2.05) is 13.8 Å². The lowest BCUT2D eigenvalue weighted by molar-refractivity contribution is 0.0346. The molecule has 0 saturated heterocycles. The van der Waals surface area contributed by atoms with E-state index in [1.165, 1.54) is 6.07 Å². The van der Waals surface area contributed by atoms with Gasteiger partial charge in [0.05, 0.1) is 6.61 Å². The van der Waals surface area contributed by atoms with Crippen LogP contribution in [0.1, 0.15) is 30.6 Å². The second kappa shape index (κ2) is 5.83. The topological polar surface area (TPSA) is 29.5 Å². The minimum Gasteiger partial charge on any atom is -0.386 e. The molecule has 0 saturated carbocycles. The molecule has 1 N–H and O–H groups in total. The molecule has 1 unspecified atom stereocenters. The normalized spacial score (nSPS) is 12.8. The second-order valence-corrected chi connectivity index (χ2v) is 3.62. The van der Waals surface area contributed by atoms with Crippen molar-refractivity contribution in [3.63, 3.8) is 0 Å². The summed E-state index contributed by atoms with van der Waals surface area (Å²) in [6.45, 7) is 4.53. The Bertz CT molecular complexity index is 312. The van der Waals surface area contributed by atoms with E-state index < -0.39 is 6.10 Å². The highest BCUT2D eigenvalue weighted by Crippen LogP contribution is 2.18. The lowest BCUT2D eigenvalue weighted by Crippen LogP contribution is -2.09. The van der Waals surface area contributed by atoms with Crippen molar-refractivity contribution in [2.75, 3.05) is 13.2 Å². The number of rotatable bonds is 5. The number of aliphatic hydroxyl groups excluding tert-OH is 1. The van der Waals surface area contributed by atoms with Crippen LogP contribution in [-0.4, -0.2) is 18.3 Å². The van der Waals surface area contributed by atoms with Crippen LogP contribution in [0.5, 0.6) is 0 Å². The minimum absolute atomic E-state index is 0.147. The highest BCUT2D eigenvalue weighted by atomic mass is 19.1. The van der Waals surface area contributed by atoms with E-state index in [0.29, 0.717) is 12.2 Å². The third-order valence-electron chi connectivity index (χ3n) is 2.14. The van der Waals surface area contributed by atoms with Crippen LogP contribution >= 0.6 is 0 Å². The standard InChI is InChI=1S/C12H17FO2/c1-3-6-15-8-12(14)10-5-4-9(2)7-11(10)13/h4-5,7,12,14H,3,6,8H2,1-2H3. The van der Waals surface area contributed by atoms with Crippen LogP contribution in [0.4, 0.5) is 4.39 Å². The minimum atomic E-state index is -0.878. The Morgan fingerprint density at radius 2 is 2.20 bits per heavy atom. The fourth-order valence-corrected chi connectivity index (χ4v) is 1.33. The lowest BCUT2D eigenvalue weighted by atomic mass is 10.1. The van der Waals surface area contributed by atoms with Gasteiger partial charge in [0.15, 0.2) is 0 Å². The van der Waals surface area contributed by atoms with Crippen molar-refractivity contribution in [1.29, 1.82) is 0 Å². The number of halogens is 1. The van der Waals surface area contributed by atoms with Crippen molar-refractivity contribution in [2.45, 2.75) is 26.4 Å². The highest BCUT2D eigenvalue weighted by Gasteiger charge is 2.12. The van der Waals surface area contributed by atoms with Crippen LogP contribution in [0, 0.1) is 12.7 Å². The van der Waals surface area contributed by atoms with Gasteiger partial charge in [0.1, 0.15) is 11.9 Å². The molecule has 84 valence electrons. The van der Waals surface area contributed by atoms with Crippen molar-refractivity contribution in [3.05, 3.63) is 35.1 Å². The Labute approximate surface area is 89.7 Å². The molecular weight excluding hydrogens is 195 g/mol. The SMILES string of the molecule is CCCOCC(O)c1ccc(C)cc1F. The summed E-state index contributed by atoms with van der Waals surface area (Å²) in [5.74, 6) is -0.373. The van der Waals surface area contributed by atoms with Gasteiger partial charge in [0.2, 0.25) is 0 Å². The van der Waals surface area contributed by atoms with Gasteiger partial charge in [-0.15, -0.1) is 0 Å². The fourth-order valence-electron chi connectivity index (χ4n) is 1.33. The molecule has 15 heavy (non-hydrogen) atoms. The maximum Gasteiger partial charge on any atom is 0.129 e. The molecule has 1 atom stereocenters. The summed E-state index contributed by atoms with van der Waals surface area (Å²) >= 11 is 0. The summed E-state index contributed by atoms with van der Waals surface area (Å²) in [5.41, 5.74) is 1.15. The Morgan fingerprint density at radius 3 is 2.80 bits per heavy atom. The van der Waals surface area contributed by atoms with Crippen molar-refractivity contribution < 1.29 is 14.2 Å². The lowest BCUT2D eigenvalue weighted by Gasteiger charge is -2.12. The van der Waals surface area contributed by atoms with E-state index in [-0.39, 0.29) is 12.4 Å². The zero-order chi connectivity index (χ0) is 11.3. The first kappa shape index (κ1) is 12.1. The van der Waals surface area contributed by atoms with E-state index in [0.717, 1.165) is 12.0 Å². The van der Waals surface area contributed by atoms with E-state index in [1.54, 1.807) is 12.1 Å². The van der Waals surface area contributed by atoms with Gasteiger partial charge >= 0.3 is 0 Å². The zero-order valence-corrected chi connectivity index (χ0v) is 9.16. The molecule has 0 spiro atoms. The summed E-state index contributed by atoms with van der Waals surface area (Å²) in [5, 5.41) is 9.65. The predicted molar refractivity (Wildman–Crippen MR) is 57.2 cm³/mol. The molecule has 0 aliphatic carbocycles. The molecule has 2 nitrogen and oxygen atoms in total. The second-order valence-electron chi connectivity index (χ2n) is 3.62. The third-order valence-corrected chi connectivity index (χ3v) is 2.14. The number of aliphatic hydroxyl groups is 1. The van der Waals surface area contributed by atoms with Gasteiger partial charge in [-0.3, -0.25) is 0 Å². The molecule has 1 aromatic carbocycles. The van der Waals surface area contributed by atoms with Crippen molar-refractivity contribution in [1.82, 2.24) is 0 Å². The van der Waals surface area contributed by atoms with Crippen molar-refractivity contribution in [3.8, 4) is 0 Å². The number of hydrogen-bond donors (Lipinski definition) is 1. The van der Waals surface area contributed by atoms with E-state index in [2.05, 4.69) is 0 Å². The molecule has 0 radical (unpaired) electrons. The number of hydrogen-bond acceptors (Lipinski definition) is 2. The predicted octanol–water partition coefficient (Wildman–Crippen LogP) is 2.59. The van der Waals surface area contributed by atoms with Crippen LogP contribution in [0.15, 0.2) is 18.2 Å². The molecule has 0 aromatic heterocycles. The van der Waals surface area contributed by atoms with Crippen LogP contribution in [0.2, 0.25) is 0 Å². The molecule has 0 aliphatic heterocycles. The van der Waals surface area contributed by atoms with E-state index in [4.69, 9.17) is 4.74 Å². The van der Waals surface area contributed by atoms with E-state index >= 15 is 0 Å². The van der Waals surface area contributed by atoms with Gasteiger partial charge in [-0.25, -0.2) is 4.39 Å². The fraction of sp³-hybridized carbons (Fsp3) is 0.500. The first-order valence-electron chi connectivity index (χ1n) is 5.17. The van der Waals surface area contributed by atoms with Crippen LogP contribution in [0.25, 0.3) is 0 Å². The summed E-state index contributed by atoms with van der Waals surface area (Å²) < 4.78 is 18.6. The average Bonchev–Trinajstić information content (AvgIpc) is 2.17.